The van der Waals surface area contributed by atoms with Crippen LogP contribution >= 0.6 is 0 Å². The van der Waals surface area contributed by atoms with E-state index in [2.05, 4.69) is 140 Å². The fourth-order valence-corrected chi connectivity index (χ4v) is 10.7. The van der Waals surface area contributed by atoms with Crippen molar-refractivity contribution in [3.63, 3.8) is 0 Å². The third-order valence-electron chi connectivity index (χ3n) is 13.2. The second-order valence-electron chi connectivity index (χ2n) is 16.3. The molecule has 0 N–H and O–H groups in total. The number of fused-ring (bicyclic) bond motifs is 12. The lowest BCUT2D eigenvalue weighted by Gasteiger charge is -2.28. The standard InChI is InChI=1S/C50H39N3O/c1-50(2)40-19-8-5-15-33(40)37-26-38-34-16-6-9-20-44(34)53(45(38)27-41(37)50)49-51-42(30-22-23-47-39(25-30)35-17-7-10-21-46(35)54-47)28-43(52-49)36-18-11-13-31-24-29-12-3-4-14-32(29)48(31)36/h3-4,6-7,9-23,25,27-28,36-37,48H,5,8,24,26H2,1-2H3. The van der Waals surface area contributed by atoms with Crippen molar-refractivity contribution in [3.05, 3.63) is 178 Å². The largest absolute Gasteiger partial charge is 0.456 e. The Hall–Kier alpha value is -6.00. The van der Waals surface area contributed by atoms with Gasteiger partial charge in [-0.15, -0.1) is 0 Å². The predicted molar refractivity (Wildman–Crippen MR) is 219 cm³/mol. The van der Waals surface area contributed by atoms with Gasteiger partial charge in [0, 0.05) is 44.9 Å². The molecule has 3 unspecified atom stereocenters. The molecule has 5 aliphatic rings. The van der Waals surface area contributed by atoms with E-state index >= 15 is 0 Å². The molecule has 0 bridgehead atoms. The van der Waals surface area contributed by atoms with Gasteiger partial charge in [-0.3, -0.25) is 4.57 Å². The van der Waals surface area contributed by atoms with Crippen LogP contribution in [0.1, 0.15) is 66.6 Å². The summed E-state index contributed by atoms with van der Waals surface area (Å²) in [5, 5.41) is 3.52. The minimum absolute atomic E-state index is 0.0158. The van der Waals surface area contributed by atoms with Crippen molar-refractivity contribution in [1.82, 2.24) is 14.5 Å². The fraction of sp³-hybridized carbons (Fsp3) is 0.200. The van der Waals surface area contributed by atoms with Crippen LogP contribution in [-0.2, 0) is 12.8 Å². The number of furan rings is 1. The van der Waals surface area contributed by atoms with E-state index in [-0.39, 0.29) is 17.3 Å². The first kappa shape index (κ1) is 30.5. The van der Waals surface area contributed by atoms with Gasteiger partial charge in [-0.2, -0.15) is 0 Å². The van der Waals surface area contributed by atoms with Gasteiger partial charge in [-0.1, -0.05) is 116 Å². The van der Waals surface area contributed by atoms with E-state index in [1.165, 1.54) is 44.5 Å². The summed E-state index contributed by atoms with van der Waals surface area (Å²) < 4.78 is 8.63. The van der Waals surface area contributed by atoms with Crippen LogP contribution < -0.4 is 0 Å². The summed E-state index contributed by atoms with van der Waals surface area (Å²) in [6.45, 7) is 4.85. The first-order valence-electron chi connectivity index (χ1n) is 19.5. The van der Waals surface area contributed by atoms with Crippen molar-refractivity contribution < 1.29 is 4.42 Å². The van der Waals surface area contributed by atoms with Crippen molar-refractivity contribution in [2.45, 2.75) is 51.4 Å². The number of rotatable bonds is 3. The average molecular weight is 698 g/mol. The molecule has 3 atom stereocenters. The van der Waals surface area contributed by atoms with Crippen molar-refractivity contribution in [3.8, 4) is 17.2 Å². The molecule has 0 amide bonds. The SMILES string of the molecule is CC1(C)C2=CCCC=C2C2Cc3c(n(-c4nc(-c5ccc6oc7ccccc7c6c5)cc(C5C=CC=C6Cc7ccccc7C65)n4)c4ccccc34)C=C21. The van der Waals surface area contributed by atoms with Gasteiger partial charge in [0.1, 0.15) is 11.2 Å². The number of benzene rings is 4. The van der Waals surface area contributed by atoms with Gasteiger partial charge < -0.3 is 4.42 Å². The van der Waals surface area contributed by atoms with Crippen LogP contribution in [0.2, 0.25) is 0 Å². The molecule has 0 aliphatic heterocycles. The third-order valence-corrected chi connectivity index (χ3v) is 13.2. The molecule has 0 spiro atoms. The number of hydrogen-bond acceptors (Lipinski definition) is 3. The zero-order chi connectivity index (χ0) is 35.7. The molecule has 4 heteroatoms. The molecule has 12 rings (SSSR count). The van der Waals surface area contributed by atoms with E-state index < -0.39 is 0 Å². The third kappa shape index (κ3) is 4.20. The Morgan fingerprint density at radius 2 is 1.61 bits per heavy atom. The normalized spacial score (nSPS) is 21.9. The molecule has 260 valence electrons. The molecule has 3 aromatic heterocycles. The summed E-state index contributed by atoms with van der Waals surface area (Å²) >= 11 is 0. The van der Waals surface area contributed by atoms with Crippen molar-refractivity contribution in [2.75, 3.05) is 0 Å². The van der Waals surface area contributed by atoms with Gasteiger partial charge in [-0.05, 0) is 96.0 Å². The molecule has 7 aromatic rings. The van der Waals surface area contributed by atoms with Crippen LogP contribution in [0.4, 0.5) is 0 Å². The Balaban J connectivity index is 1.11. The highest BCUT2D eigenvalue weighted by molar-refractivity contribution is 6.06. The molecule has 4 aromatic carbocycles. The molecule has 3 heterocycles. The zero-order valence-electron chi connectivity index (χ0n) is 30.5. The second kappa shape index (κ2) is 11.0. The van der Waals surface area contributed by atoms with Gasteiger partial charge in [0.25, 0.3) is 0 Å². The summed E-state index contributed by atoms with van der Waals surface area (Å²) in [5.74, 6) is 1.49. The topological polar surface area (TPSA) is 43.9 Å². The zero-order valence-corrected chi connectivity index (χ0v) is 30.5. The summed E-state index contributed by atoms with van der Waals surface area (Å²) in [5.41, 5.74) is 17.5. The van der Waals surface area contributed by atoms with Crippen LogP contribution in [0, 0.1) is 11.3 Å². The molecular formula is C50H39N3O. The van der Waals surface area contributed by atoms with Gasteiger partial charge >= 0.3 is 0 Å². The van der Waals surface area contributed by atoms with Gasteiger partial charge in [0.15, 0.2) is 0 Å². The lowest BCUT2D eigenvalue weighted by atomic mass is 9.77. The van der Waals surface area contributed by atoms with Crippen molar-refractivity contribution >= 4 is 38.9 Å². The first-order chi connectivity index (χ1) is 26.5. The van der Waals surface area contributed by atoms with Crippen LogP contribution in [0.15, 0.2) is 154 Å². The Bertz CT molecular complexity index is 2940. The Morgan fingerprint density at radius 3 is 2.56 bits per heavy atom. The van der Waals surface area contributed by atoms with Crippen molar-refractivity contribution in [1.29, 1.82) is 0 Å². The fourth-order valence-electron chi connectivity index (χ4n) is 10.7. The van der Waals surface area contributed by atoms with E-state index in [0.29, 0.717) is 5.92 Å². The number of nitrogens with zero attached hydrogens (tertiary/aromatic N) is 3. The molecule has 0 saturated heterocycles. The average Bonchev–Trinajstić information content (AvgIpc) is 3.93. The van der Waals surface area contributed by atoms with Crippen LogP contribution in [-0.4, -0.2) is 14.5 Å². The number of para-hydroxylation sites is 2. The lowest BCUT2D eigenvalue weighted by Crippen LogP contribution is -2.18. The highest BCUT2D eigenvalue weighted by Gasteiger charge is 2.47. The monoisotopic (exact) mass is 697 g/mol. The highest BCUT2D eigenvalue weighted by Crippen LogP contribution is 2.59. The minimum atomic E-state index is -0.0158. The summed E-state index contributed by atoms with van der Waals surface area (Å²) in [6, 6.07) is 34.9. The van der Waals surface area contributed by atoms with Gasteiger partial charge in [0.05, 0.1) is 22.6 Å². The molecule has 0 radical (unpaired) electrons. The van der Waals surface area contributed by atoms with Crippen LogP contribution in [0.25, 0.3) is 56.1 Å². The smallest absolute Gasteiger partial charge is 0.235 e. The van der Waals surface area contributed by atoms with Crippen LogP contribution in [0.5, 0.6) is 0 Å². The molecular weight excluding hydrogens is 659 g/mol. The van der Waals surface area contributed by atoms with E-state index in [9.17, 15) is 0 Å². The first-order valence-corrected chi connectivity index (χ1v) is 19.5. The Labute approximate surface area is 314 Å². The lowest BCUT2D eigenvalue weighted by molar-refractivity contribution is 0.544. The van der Waals surface area contributed by atoms with Crippen molar-refractivity contribution in [2.24, 2.45) is 11.3 Å². The summed E-state index contributed by atoms with van der Waals surface area (Å²) in [7, 11) is 0. The summed E-state index contributed by atoms with van der Waals surface area (Å²) in [4.78, 5) is 11.1. The Kier molecular flexibility index (Phi) is 6.22. The van der Waals surface area contributed by atoms with E-state index in [4.69, 9.17) is 14.4 Å². The predicted octanol–water partition coefficient (Wildman–Crippen LogP) is 12.1. The molecule has 5 aliphatic carbocycles. The maximum absolute atomic E-state index is 6.26. The number of aromatic nitrogens is 3. The van der Waals surface area contributed by atoms with E-state index in [1.807, 2.05) is 12.1 Å². The maximum Gasteiger partial charge on any atom is 0.235 e. The maximum atomic E-state index is 6.26. The number of allylic oxidation sites excluding steroid dienone is 9. The molecule has 54 heavy (non-hydrogen) atoms. The molecule has 1 saturated carbocycles. The van der Waals surface area contributed by atoms with E-state index in [1.54, 1.807) is 5.57 Å². The van der Waals surface area contributed by atoms with E-state index in [0.717, 1.165) is 76.0 Å². The van der Waals surface area contributed by atoms with Crippen LogP contribution in [0.3, 0.4) is 0 Å². The quantitative estimate of drug-likeness (QED) is 0.185. The van der Waals surface area contributed by atoms with Gasteiger partial charge in [-0.25, -0.2) is 9.97 Å². The highest BCUT2D eigenvalue weighted by atomic mass is 16.3. The second-order valence-corrected chi connectivity index (χ2v) is 16.3. The Morgan fingerprint density at radius 1 is 0.796 bits per heavy atom. The minimum Gasteiger partial charge on any atom is -0.456 e. The summed E-state index contributed by atoms with van der Waals surface area (Å²) in [6.07, 6.45) is 18.7. The van der Waals surface area contributed by atoms with Gasteiger partial charge in [0.2, 0.25) is 5.95 Å². The molecule has 4 nitrogen and oxygen atoms in total. The number of hydrogen-bond donors (Lipinski definition) is 0. The molecule has 1 fully saturated rings.